The highest BCUT2D eigenvalue weighted by Crippen LogP contribution is 2.68. The Bertz CT molecular complexity index is 607. The number of aliphatic hydroxyl groups is 1. The molecule has 0 aromatic heterocycles. The lowest BCUT2D eigenvalue weighted by Gasteiger charge is -2.63. The third-order valence-corrected chi connectivity index (χ3v) is 10.4. The van der Waals surface area contributed by atoms with E-state index in [9.17, 15) is 5.11 Å². The molecule has 3 saturated carbocycles. The Kier molecular flexibility index (Phi) is 4.56. The summed E-state index contributed by atoms with van der Waals surface area (Å²) in [7, 11) is 0. The fraction of sp³-hybridized carbons (Fsp3) is 0.920. The fourth-order valence-corrected chi connectivity index (χ4v) is 8.97. The molecule has 0 bridgehead atoms. The highest BCUT2D eigenvalue weighted by molar-refractivity contribution is 5.28. The Labute approximate surface area is 166 Å². The van der Waals surface area contributed by atoms with Crippen molar-refractivity contribution < 1.29 is 5.11 Å². The van der Waals surface area contributed by atoms with Gasteiger partial charge in [-0.15, -0.1) is 0 Å². The van der Waals surface area contributed by atoms with Crippen molar-refractivity contribution in [2.24, 2.45) is 46.3 Å². The molecular formula is C25H41NO. The highest BCUT2D eigenvalue weighted by atomic mass is 16.3. The lowest BCUT2D eigenvalue weighted by molar-refractivity contribution is -0.140. The van der Waals surface area contributed by atoms with Crippen LogP contribution in [0.3, 0.4) is 0 Å². The summed E-state index contributed by atoms with van der Waals surface area (Å²) < 4.78 is 0. The largest absolute Gasteiger partial charge is 0.393 e. The molecule has 1 aliphatic heterocycles. The molecule has 5 rings (SSSR count). The number of rotatable bonds is 1. The van der Waals surface area contributed by atoms with E-state index < -0.39 is 0 Å². The summed E-state index contributed by atoms with van der Waals surface area (Å²) in [5, 5.41) is 14.0. The topological polar surface area (TPSA) is 32.3 Å². The molecule has 0 aromatic carbocycles. The van der Waals surface area contributed by atoms with E-state index in [-0.39, 0.29) is 6.10 Å². The lowest BCUT2D eigenvalue weighted by Crippen LogP contribution is -2.56. The number of hydrogen-bond donors (Lipinski definition) is 2. The second-order valence-electron chi connectivity index (χ2n) is 11.5. The molecule has 0 radical (unpaired) electrons. The lowest BCUT2D eigenvalue weighted by atomic mass is 9.42. The van der Waals surface area contributed by atoms with Crippen molar-refractivity contribution in [2.75, 3.05) is 13.1 Å². The third-order valence-electron chi connectivity index (χ3n) is 10.4. The Morgan fingerprint density at radius 1 is 1.07 bits per heavy atom. The van der Waals surface area contributed by atoms with Crippen molar-refractivity contribution >= 4 is 0 Å². The summed E-state index contributed by atoms with van der Waals surface area (Å²) in [6.07, 6.45) is 14.4. The van der Waals surface area contributed by atoms with Gasteiger partial charge in [0.15, 0.2) is 0 Å². The monoisotopic (exact) mass is 371 g/mol. The van der Waals surface area contributed by atoms with Crippen LogP contribution in [0.1, 0.15) is 78.6 Å². The minimum absolute atomic E-state index is 0.0285. The van der Waals surface area contributed by atoms with E-state index in [0.717, 1.165) is 48.3 Å². The standard InChI is InChI=1S/C25H41NO/c1-16-13-18-14-19(27)8-10-24(18,2)22-9-11-25(3)20(6-7-21(25)23(16)22)17-5-4-12-26-15-17/h6,16-19,21-23,26-27H,4-5,7-15H2,1-3H3/t16?,17?,18?,19?,21-,22+,23-,24-,25+/m0/s1. The van der Waals surface area contributed by atoms with Crippen LogP contribution in [0.2, 0.25) is 0 Å². The second kappa shape index (κ2) is 6.59. The van der Waals surface area contributed by atoms with Crippen molar-refractivity contribution in [3.63, 3.8) is 0 Å². The number of allylic oxidation sites excluding steroid dienone is 1. The van der Waals surface area contributed by atoms with Gasteiger partial charge in [0.2, 0.25) is 0 Å². The molecule has 9 atom stereocenters. The van der Waals surface area contributed by atoms with E-state index in [4.69, 9.17) is 0 Å². The van der Waals surface area contributed by atoms with Crippen molar-refractivity contribution in [3.05, 3.63) is 11.6 Å². The zero-order chi connectivity index (χ0) is 18.8. The number of hydrogen-bond acceptors (Lipinski definition) is 2. The summed E-state index contributed by atoms with van der Waals surface area (Å²) in [4.78, 5) is 0. The molecule has 27 heavy (non-hydrogen) atoms. The maximum Gasteiger partial charge on any atom is 0.0543 e. The maximum atomic E-state index is 10.3. The van der Waals surface area contributed by atoms with E-state index in [1.165, 1.54) is 58.0 Å². The van der Waals surface area contributed by atoms with Gasteiger partial charge in [-0.25, -0.2) is 0 Å². The van der Waals surface area contributed by atoms with Crippen LogP contribution in [0.15, 0.2) is 11.6 Å². The Morgan fingerprint density at radius 3 is 2.70 bits per heavy atom. The van der Waals surface area contributed by atoms with Gasteiger partial charge in [-0.1, -0.05) is 32.4 Å². The van der Waals surface area contributed by atoms with E-state index >= 15 is 0 Å². The average Bonchev–Trinajstić information content (AvgIpc) is 3.01. The molecule has 0 aromatic rings. The molecule has 2 nitrogen and oxygen atoms in total. The number of fused-ring (bicyclic) bond motifs is 5. The Hall–Kier alpha value is -0.340. The van der Waals surface area contributed by atoms with Gasteiger partial charge in [-0.05, 0) is 111 Å². The Morgan fingerprint density at radius 2 is 1.93 bits per heavy atom. The van der Waals surface area contributed by atoms with Crippen molar-refractivity contribution in [2.45, 2.75) is 84.7 Å². The first-order valence-corrected chi connectivity index (χ1v) is 12.0. The first kappa shape index (κ1) is 18.7. The molecule has 2 N–H and O–H groups in total. The summed E-state index contributed by atoms with van der Waals surface area (Å²) in [5.74, 6) is 5.09. The zero-order valence-electron chi connectivity index (χ0n) is 17.8. The highest BCUT2D eigenvalue weighted by Gasteiger charge is 2.60. The van der Waals surface area contributed by atoms with Crippen LogP contribution >= 0.6 is 0 Å². The smallest absolute Gasteiger partial charge is 0.0543 e. The van der Waals surface area contributed by atoms with Gasteiger partial charge < -0.3 is 10.4 Å². The maximum absolute atomic E-state index is 10.3. The minimum atomic E-state index is -0.0285. The first-order valence-electron chi connectivity index (χ1n) is 12.0. The van der Waals surface area contributed by atoms with Crippen LogP contribution in [0, 0.1) is 46.3 Å². The molecule has 2 heteroatoms. The third kappa shape index (κ3) is 2.72. The average molecular weight is 372 g/mol. The van der Waals surface area contributed by atoms with Crippen molar-refractivity contribution in [1.82, 2.24) is 5.32 Å². The molecule has 1 saturated heterocycles. The van der Waals surface area contributed by atoms with Crippen molar-refractivity contribution in [1.29, 1.82) is 0 Å². The zero-order valence-corrected chi connectivity index (χ0v) is 17.8. The molecule has 4 fully saturated rings. The molecule has 0 amide bonds. The van der Waals surface area contributed by atoms with Crippen LogP contribution in [-0.2, 0) is 0 Å². The van der Waals surface area contributed by atoms with Crippen LogP contribution in [0.25, 0.3) is 0 Å². The quantitative estimate of drug-likeness (QED) is 0.623. The Balaban J connectivity index is 1.42. The number of nitrogens with one attached hydrogen (secondary N) is 1. The summed E-state index contributed by atoms with van der Waals surface area (Å²) >= 11 is 0. The summed E-state index contributed by atoms with van der Waals surface area (Å²) in [6.45, 7) is 10.3. The molecule has 4 unspecified atom stereocenters. The fourth-order valence-electron chi connectivity index (χ4n) is 8.97. The van der Waals surface area contributed by atoms with Gasteiger partial charge in [0, 0.05) is 6.54 Å². The number of piperidine rings is 1. The van der Waals surface area contributed by atoms with Gasteiger partial charge in [-0.2, -0.15) is 0 Å². The van der Waals surface area contributed by atoms with E-state index in [2.05, 4.69) is 32.2 Å². The van der Waals surface area contributed by atoms with Gasteiger partial charge in [0.1, 0.15) is 0 Å². The summed E-state index contributed by atoms with van der Waals surface area (Å²) in [5.41, 5.74) is 2.81. The van der Waals surface area contributed by atoms with Crippen LogP contribution in [0.5, 0.6) is 0 Å². The van der Waals surface area contributed by atoms with Gasteiger partial charge in [0.05, 0.1) is 6.10 Å². The minimum Gasteiger partial charge on any atom is -0.393 e. The molecular weight excluding hydrogens is 330 g/mol. The predicted molar refractivity (Wildman–Crippen MR) is 111 cm³/mol. The molecule has 152 valence electrons. The van der Waals surface area contributed by atoms with Crippen molar-refractivity contribution in [3.8, 4) is 0 Å². The van der Waals surface area contributed by atoms with Crippen LogP contribution in [0.4, 0.5) is 0 Å². The normalized spacial score (nSPS) is 55.3. The SMILES string of the molecule is CC1CC2CC(O)CC[C@]2(C)[C@@H]2CC[C@]3(C)C(C4CCCNC4)=CC[C@H]3[C@H]12. The molecule has 4 aliphatic carbocycles. The van der Waals surface area contributed by atoms with E-state index in [1.807, 2.05) is 5.57 Å². The van der Waals surface area contributed by atoms with E-state index in [1.54, 1.807) is 0 Å². The predicted octanol–water partition coefficient (Wildman–Crippen LogP) is 5.17. The molecule has 0 spiro atoms. The van der Waals surface area contributed by atoms with Gasteiger partial charge in [0.25, 0.3) is 0 Å². The summed E-state index contributed by atoms with van der Waals surface area (Å²) in [6, 6.07) is 0. The van der Waals surface area contributed by atoms with Crippen LogP contribution in [-0.4, -0.2) is 24.3 Å². The van der Waals surface area contributed by atoms with Gasteiger partial charge >= 0.3 is 0 Å². The number of aliphatic hydroxyl groups excluding tert-OH is 1. The van der Waals surface area contributed by atoms with Gasteiger partial charge in [-0.3, -0.25) is 0 Å². The molecule has 5 aliphatic rings. The van der Waals surface area contributed by atoms with Crippen LogP contribution < -0.4 is 5.32 Å². The van der Waals surface area contributed by atoms with E-state index in [0.29, 0.717) is 10.8 Å². The first-order chi connectivity index (χ1) is 12.9. The second-order valence-corrected chi connectivity index (χ2v) is 11.5. The molecule has 1 heterocycles.